The van der Waals surface area contributed by atoms with Crippen LogP contribution in [-0.4, -0.2) is 84.3 Å². The summed E-state index contributed by atoms with van der Waals surface area (Å²) in [5.74, 6) is -4.13. The number of carboxylic acid groups (broad SMARTS) is 2. The molecule has 0 aromatic heterocycles. The molecule has 31 heavy (non-hydrogen) atoms. The van der Waals surface area contributed by atoms with E-state index < -0.39 is 24.3 Å². The average Bonchev–Trinajstić information content (AvgIpc) is 3.04. The summed E-state index contributed by atoms with van der Waals surface area (Å²) in [6.45, 7) is 4.47. The molecule has 7 nitrogen and oxygen atoms in total. The second kappa shape index (κ2) is 10.7. The number of hydrogen-bond acceptors (Lipinski definition) is 5. The van der Waals surface area contributed by atoms with Crippen LogP contribution in [0.3, 0.4) is 0 Å². The number of aliphatic hydroxyl groups is 1. The zero-order valence-corrected chi connectivity index (χ0v) is 16.3. The molecule has 13 heteroatoms. The Balaban J connectivity index is 0.000000288. The number of β-amino-alcohol motifs (C(OH)–C–C–N with tert-alkyl or cyclic N) is 1. The molecule has 1 aromatic carbocycles. The van der Waals surface area contributed by atoms with Gasteiger partial charge in [0.15, 0.2) is 0 Å². The lowest BCUT2D eigenvalue weighted by atomic mass is 9.84. The molecule has 2 aliphatic rings. The van der Waals surface area contributed by atoms with Gasteiger partial charge in [-0.3, -0.25) is 0 Å². The molecule has 1 fully saturated rings. The Kier molecular flexibility index (Phi) is 9.11. The average molecular weight is 460 g/mol. The Morgan fingerprint density at radius 3 is 1.90 bits per heavy atom. The number of benzene rings is 1. The van der Waals surface area contributed by atoms with Crippen molar-refractivity contribution >= 4 is 17.6 Å². The summed E-state index contributed by atoms with van der Waals surface area (Å²) in [4.78, 5) is 22.6. The number of halogens is 6. The molecule has 3 rings (SSSR count). The lowest BCUT2D eigenvalue weighted by Gasteiger charge is -2.35. The molecule has 1 saturated heterocycles. The molecule has 0 radical (unpaired) electrons. The zero-order chi connectivity index (χ0) is 24.0. The molecule has 176 valence electrons. The number of carbonyl (C=O) groups is 2. The number of anilines is 1. The fraction of sp³-hybridized carbons (Fsp3) is 0.556. The summed E-state index contributed by atoms with van der Waals surface area (Å²) in [5.41, 5.74) is 2.88. The Morgan fingerprint density at radius 1 is 0.968 bits per heavy atom. The summed E-state index contributed by atoms with van der Waals surface area (Å²) < 4.78 is 63.5. The van der Waals surface area contributed by atoms with Crippen molar-refractivity contribution in [2.75, 3.05) is 44.7 Å². The molecule has 1 aromatic rings. The summed E-state index contributed by atoms with van der Waals surface area (Å²) in [7, 11) is 2.18. The van der Waals surface area contributed by atoms with Gasteiger partial charge in [-0.2, -0.15) is 26.3 Å². The van der Waals surface area contributed by atoms with Crippen molar-refractivity contribution in [2.45, 2.75) is 18.3 Å². The highest BCUT2D eigenvalue weighted by molar-refractivity contribution is 5.73. The fourth-order valence-electron chi connectivity index (χ4n) is 3.42. The number of hydrogen-bond donors (Lipinski definition) is 3. The molecule has 2 atom stereocenters. The summed E-state index contributed by atoms with van der Waals surface area (Å²) in [6, 6.07) is 8.76. The first-order valence-electron chi connectivity index (χ1n) is 8.92. The number of rotatable bonds is 2. The maximum Gasteiger partial charge on any atom is 0.490 e. The quantitative estimate of drug-likeness (QED) is 0.583. The first kappa shape index (κ1) is 26.5. The van der Waals surface area contributed by atoms with Crippen molar-refractivity contribution in [1.82, 2.24) is 4.90 Å². The van der Waals surface area contributed by atoms with E-state index in [9.17, 15) is 26.3 Å². The highest BCUT2D eigenvalue weighted by Gasteiger charge is 2.39. The fourth-order valence-corrected chi connectivity index (χ4v) is 3.42. The molecule has 0 aliphatic carbocycles. The van der Waals surface area contributed by atoms with E-state index in [2.05, 4.69) is 41.1 Å². The molecule has 0 saturated carbocycles. The van der Waals surface area contributed by atoms with Crippen molar-refractivity contribution in [3.63, 3.8) is 0 Å². The SMILES string of the molecule is CN1C[C@@H]2CN(CCO)C[C@H]2c2ccccc21.O=C(O)C(F)(F)F.O=C(O)C(F)(F)F. The second-order valence-electron chi connectivity index (χ2n) is 6.89. The van der Waals surface area contributed by atoms with Crippen LogP contribution in [0.2, 0.25) is 0 Å². The van der Waals surface area contributed by atoms with Gasteiger partial charge in [0.25, 0.3) is 0 Å². The lowest BCUT2D eigenvalue weighted by molar-refractivity contribution is -0.193. The zero-order valence-electron chi connectivity index (χ0n) is 16.3. The number of carboxylic acids is 2. The lowest BCUT2D eigenvalue weighted by Crippen LogP contribution is -2.34. The molecule has 0 unspecified atom stereocenters. The number of likely N-dealkylation sites (tertiary alicyclic amines) is 1. The first-order chi connectivity index (χ1) is 14.2. The Hall–Kier alpha value is -2.54. The smallest absolute Gasteiger partial charge is 0.475 e. The largest absolute Gasteiger partial charge is 0.490 e. The maximum atomic E-state index is 10.6. The Bertz CT molecular complexity index is 732. The predicted octanol–water partition coefficient (Wildman–Crippen LogP) is 2.41. The van der Waals surface area contributed by atoms with Crippen LogP contribution >= 0.6 is 0 Å². The van der Waals surface area contributed by atoms with Crippen molar-refractivity contribution in [2.24, 2.45) is 5.92 Å². The minimum Gasteiger partial charge on any atom is -0.475 e. The van der Waals surface area contributed by atoms with E-state index in [0.717, 1.165) is 32.1 Å². The molecule has 0 amide bonds. The predicted molar refractivity (Wildman–Crippen MR) is 96.9 cm³/mol. The van der Waals surface area contributed by atoms with Gasteiger partial charge in [-0.1, -0.05) is 18.2 Å². The minimum atomic E-state index is -5.08. The van der Waals surface area contributed by atoms with Gasteiger partial charge in [0, 0.05) is 44.8 Å². The van der Waals surface area contributed by atoms with Crippen LogP contribution in [0.4, 0.5) is 32.0 Å². The molecule has 2 heterocycles. The van der Waals surface area contributed by atoms with Gasteiger partial charge < -0.3 is 25.1 Å². The van der Waals surface area contributed by atoms with E-state index in [1.54, 1.807) is 0 Å². The van der Waals surface area contributed by atoms with Crippen molar-refractivity contribution in [1.29, 1.82) is 0 Å². The normalized spacial score (nSPS) is 20.5. The van der Waals surface area contributed by atoms with Gasteiger partial charge in [-0.15, -0.1) is 0 Å². The van der Waals surface area contributed by atoms with Gasteiger partial charge in [-0.25, -0.2) is 9.59 Å². The third-order valence-electron chi connectivity index (χ3n) is 4.67. The van der Waals surface area contributed by atoms with Gasteiger partial charge in [0.2, 0.25) is 0 Å². The Labute approximate surface area is 173 Å². The van der Waals surface area contributed by atoms with Crippen molar-refractivity contribution < 1.29 is 51.3 Å². The topological polar surface area (TPSA) is 101 Å². The van der Waals surface area contributed by atoms with E-state index in [-0.39, 0.29) is 6.61 Å². The van der Waals surface area contributed by atoms with E-state index in [1.165, 1.54) is 11.3 Å². The van der Waals surface area contributed by atoms with E-state index in [4.69, 9.17) is 24.9 Å². The molecule has 3 N–H and O–H groups in total. The van der Waals surface area contributed by atoms with Crippen molar-refractivity contribution in [3.8, 4) is 0 Å². The maximum absolute atomic E-state index is 10.6. The van der Waals surface area contributed by atoms with Crippen LogP contribution in [0.1, 0.15) is 11.5 Å². The van der Waals surface area contributed by atoms with Crippen LogP contribution in [0, 0.1) is 5.92 Å². The molecule has 0 bridgehead atoms. The number of para-hydroxylation sites is 1. The number of aliphatic carboxylic acids is 2. The van der Waals surface area contributed by atoms with E-state index in [1.807, 2.05) is 0 Å². The highest BCUT2D eigenvalue weighted by atomic mass is 19.4. The van der Waals surface area contributed by atoms with Crippen LogP contribution in [-0.2, 0) is 9.59 Å². The van der Waals surface area contributed by atoms with Crippen LogP contribution in [0.15, 0.2) is 24.3 Å². The van der Waals surface area contributed by atoms with Gasteiger partial charge in [-0.05, 0) is 17.5 Å². The first-order valence-corrected chi connectivity index (χ1v) is 8.92. The summed E-state index contributed by atoms with van der Waals surface area (Å²) in [5, 5.41) is 23.3. The van der Waals surface area contributed by atoms with Crippen LogP contribution in [0.25, 0.3) is 0 Å². The number of fused-ring (bicyclic) bond motifs is 3. The molecule has 0 spiro atoms. The van der Waals surface area contributed by atoms with Gasteiger partial charge in [0.05, 0.1) is 6.61 Å². The van der Waals surface area contributed by atoms with Crippen molar-refractivity contribution in [3.05, 3.63) is 29.8 Å². The number of alkyl halides is 6. The molecular formula is C18H22F6N2O5. The van der Waals surface area contributed by atoms with Gasteiger partial charge in [0.1, 0.15) is 0 Å². The molecule has 2 aliphatic heterocycles. The number of aliphatic hydroxyl groups excluding tert-OH is 1. The van der Waals surface area contributed by atoms with Crippen LogP contribution in [0.5, 0.6) is 0 Å². The Morgan fingerprint density at radius 2 is 1.45 bits per heavy atom. The second-order valence-corrected chi connectivity index (χ2v) is 6.89. The van der Waals surface area contributed by atoms with Gasteiger partial charge >= 0.3 is 24.3 Å². The van der Waals surface area contributed by atoms with E-state index >= 15 is 0 Å². The third-order valence-corrected chi connectivity index (χ3v) is 4.67. The molecular weight excluding hydrogens is 438 g/mol. The highest BCUT2D eigenvalue weighted by Crippen LogP contribution is 2.41. The minimum absolute atomic E-state index is 0.275. The number of nitrogens with zero attached hydrogens (tertiary/aromatic N) is 2. The monoisotopic (exact) mass is 460 g/mol. The summed E-state index contributed by atoms with van der Waals surface area (Å²) >= 11 is 0. The standard InChI is InChI=1S/C14H20N2O.2C2HF3O2/c1-15-8-11-9-16(6-7-17)10-13(11)12-4-2-3-5-14(12)15;2*3-2(4,5)1(6)7/h2-5,11,13,17H,6-10H2,1H3;2*(H,6,7)/t11-,13-;;/m1../s1. The van der Waals surface area contributed by atoms with E-state index in [0.29, 0.717) is 5.92 Å². The third kappa shape index (κ3) is 7.90. The summed E-state index contributed by atoms with van der Waals surface area (Å²) in [6.07, 6.45) is -10.2. The van der Waals surface area contributed by atoms with Crippen LogP contribution < -0.4 is 4.90 Å².